The molecule has 0 bridgehead atoms. The van der Waals surface area contributed by atoms with E-state index in [1.165, 1.54) is 55.3 Å². The smallest absolute Gasteiger partial charge is 0.0847 e. The molecule has 9 rings (SSSR count). The zero-order chi connectivity index (χ0) is 39.0. The largest absolute Gasteiger partial charge is 0.506 e. The van der Waals surface area contributed by atoms with Crippen LogP contribution >= 0.6 is 0 Å². The molecule has 0 atom stereocenters. The first-order chi connectivity index (χ1) is 27.0. The van der Waals surface area contributed by atoms with Gasteiger partial charge in [-0.3, -0.25) is 9.97 Å². The van der Waals surface area contributed by atoms with E-state index in [0.29, 0.717) is 0 Å². The topological polar surface area (TPSA) is 51.8 Å². The number of hydrogen-bond acceptors (Lipinski definition) is 4. The fourth-order valence-corrected chi connectivity index (χ4v) is 7.01. The predicted molar refractivity (Wildman–Crippen MR) is 232 cm³/mol. The zero-order valence-electron chi connectivity index (χ0n) is 33.5. The quantitative estimate of drug-likeness (QED) is 0.161. The Bertz CT molecular complexity index is 2820. The maximum atomic E-state index is 5.85. The average Bonchev–Trinajstić information content (AvgIpc) is 3.69. The summed E-state index contributed by atoms with van der Waals surface area (Å²) in [5.74, 6) is 0. The van der Waals surface area contributed by atoms with E-state index in [9.17, 15) is 0 Å². The minimum atomic E-state index is -0.0615. The summed E-state index contributed by atoms with van der Waals surface area (Å²) in [5.41, 5.74) is 16.5. The number of aromatic nitrogens is 3. The first-order valence-corrected chi connectivity index (χ1v) is 19.2. The molecule has 0 saturated heterocycles. The van der Waals surface area contributed by atoms with Crippen LogP contribution < -0.4 is 0 Å². The number of fused-ring (bicyclic) bond motifs is 4. The van der Waals surface area contributed by atoms with Gasteiger partial charge in [0.15, 0.2) is 0 Å². The van der Waals surface area contributed by atoms with Crippen LogP contribution in [0.3, 0.4) is 0 Å². The minimum absolute atomic E-state index is 0. The minimum Gasteiger partial charge on any atom is -0.506 e. The second kappa shape index (κ2) is 16.4. The van der Waals surface area contributed by atoms with E-state index in [2.05, 4.69) is 169 Å². The van der Waals surface area contributed by atoms with Crippen molar-refractivity contribution in [3.8, 4) is 33.6 Å². The number of benzene rings is 5. The van der Waals surface area contributed by atoms with Crippen molar-refractivity contribution in [2.45, 2.75) is 60.3 Å². The third kappa shape index (κ3) is 8.51. The Morgan fingerprint density at radius 1 is 0.649 bits per heavy atom. The molecule has 4 aromatic heterocycles. The summed E-state index contributed by atoms with van der Waals surface area (Å²) >= 11 is 0. The van der Waals surface area contributed by atoms with Gasteiger partial charge < -0.3 is 9.40 Å². The van der Waals surface area contributed by atoms with Gasteiger partial charge in [-0.25, -0.2) is 0 Å². The van der Waals surface area contributed by atoms with E-state index < -0.39 is 0 Å². The van der Waals surface area contributed by atoms with Crippen LogP contribution in [0.1, 0.15) is 59.8 Å². The molecule has 285 valence electrons. The van der Waals surface area contributed by atoms with E-state index >= 15 is 0 Å². The molecule has 0 spiro atoms. The van der Waals surface area contributed by atoms with Crippen LogP contribution in [0.4, 0.5) is 0 Å². The van der Waals surface area contributed by atoms with Gasteiger partial charge in [-0.1, -0.05) is 141 Å². The Balaban J connectivity index is 0.000000246. The molecule has 4 nitrogen and oxygen atoms in total. The maximum Gasteiger partial charge on any atom is 0.0847 e. The molecule has 0 N–H and O–H groups in total. The number of hydrogen-bond donors (Lipinski definition) is 0. The first-order valence-electron chi connectivity index (χ1n) is 19.2. The van der Waals surface area contributed by atoms with E-state index in [1.807, 2.05) is 24.5 Å². The van der Waals surface area contributed by atoms with Crippen LogP contribution in [0.2, 0.25) is 0 Å². The summed E-state index contributed by atoms with van der Waals surface area (Å²) in [7, 11) is 0. The van der Waals surface area contributed by atoms with Crippen molar-refractivity contribution in [2.75, 3.05) is 0 Å². The van der Waals surface area contributed by atoms with Gasteiger partial charge in [0.05, 0.1) is 5.58 Å². The summed E-state index contributed by atoms with van der Waals surface area (Å²) in [6, 6.07) is 47.6. The van der Waals surface area contributed by atoms with Crippen LogP contribution in [0, 0.1) is 39.8 Å². The van der Waals surface area contributed by atoms with Crippen LogP contribution in [0.5, 0.6) is 0 Å². The van der Waals surface area contributed by atoms with Crippen LogP contribution in [0.25, 0.3) is 66.3 Å². The number of rotatable bonds is 5. The number of pyridine rings is 3. The number of aryl methyl sites for hydroxylation is 4. The molecule has 0 fully saturated rings. The summed E-state index contributed by atoms with van der Waals surface area (Å²) < 4.78 is 5.85. The standard InChI is InChI=1S/C37H29N2O.C15H16N.Ir/c1-37(2,3)34-14-13-31-32(23-30-16-18-40-36(30)35(31)39-34)33-21-25(15-17-38-33)19-24-9-10-29-22-28(12-11-27(29)20-24)26-7-5-4-6-8-26;1-10-5-6-14(7-11(10)2)15-8-12(3)13(4)9-16-15;/h4-18,20-22H,19H2,1-3H3;5,7-9H,1-4H3;/q2*-1;. The van der Waals surface area contributed by atoms with E-state index in [4.69, 9.17) is 14.4 Å². The van der Waals surface area contributed by atoms with Gasteiger partial charge in [0.1, 0.15) is 0 Å². The van der Waals surface area contributed by atoms with Gasteiger partial charge in [0, 0.05) is 61.1 Å². The molecule has 0 aliphatic rings. The van der Waals surface area contributed by atoms with E-state index in [-0.39, 0.29) is 25.5 Å². The van der Waals surface area contributed by atoms with Crippen molar-refractivity contribution in [1.82, 2.24) is 15.0 Å². The number of furan rings is 1. The third-order valence-corrected chi connectivity index (χ3v) is 10.6. The van der Waals surface area contributed by atoms with Crippen molar-refractivity contribution in [1.29, 1.82) is 0 Å². The third-order valence-electron chi connectivity index (χ3n) is 10.6. The molecule has 5 heteroatoms. The molecule has 4 heterocycles. The molecule has 0 amide bonds. The molecule has 0 saturated carbocycles. The molecule has 9 aromatic rings. The predicted octanol–water partition coefficient (Wildman–Crippen LogP) is 13.3. The fraction of sp³-hybridized carbons (Fsp3) is 0.173. The van der Waals surface area contributed by atoms with Crippen LogP contribution in [0.15, 0.2) is 138 Å². The molecule has 5 aromatic carbocycles. The van der Waals surface area contributed by atoms with Crippen molar-refractivity contribution in [3.63, 3.8) is 0 Å². The molecule has 1 radical (unpaired) electrons. The first kappa shape index (κ1) is 39.5. The van der Waals surface area contributed by atoms with Gasteiger partial charge in [-0.2, -0.15) is 0 Å². The molecule has 0 aliphatic heterocycles. The molecule has 0 unspecified atom stereocenters. The fourth-order valence-electron chi connectivity index (χ4n) is 7.01. The Hall–Kier alpha value is -5.74. The van der Waals surface area contributed by atoms with E-state index in [0.717, 1.165) is 56.5 Å². The second-order valence-corrected chi connectivity index (χ2v) is 15.9. The van der Waals surface area contributed by atoms with Gasteiger partial charge >= 0.3 is 0 Å². The van der Waals surface area contributed by atoms with Crippen molar-refractivity contribution < 1.29 is 24.5 Å². The molecule has 0 aliphatic carbocycles. The SMILES string of the molecule is CC(C)(C)c1ccc2c(-c3cc(Cc4ccc5cc(-c6ccccc6)ccc5c4)ccn3)[c-]c3ccoc3c2n1.Cc1c[c-]c(-c2cc(C)c(C)cn2)cc1C.[Ir]. The van der Waals surface area contributed by atoms with Crippen LogP contribution in [-0.2, 0) is 31.9 Å². The normalized spacial score (nSPS) is 11.4. The van der Waals surface area contributed by atoms with Crippen molar-refractivity contribution in [2.24, 2.45) is 0 Å². The summed E-state index contributed by atoms with van der Waals surface area (Å²) in [6.07, 6.45) is 6.36. The van der Waals surface area contributed by atoms with Gasteiger partial charge in [0.25, 0.3) is 0 Å². The van der Waals surface area contributed by atoms with Gasteiger partial charge in [-0.05, 0) is 82.8 Å². The summed E-state index contributed by atoms with van der Waals surface area (Å²) in [4.78, 5) is 14.2. The van der Waals surface area contributed by atoms with E-state index in [1.54, 1.807) is 6.26 Å². The molecular weight excluding hydrogens is 875 g/mol. The van der Waals surface area contributed by atoms with Crippen molar-refractivity contribution in [3.05, 3.63) is 185 Å². The van der Waals surface area contributed by atoms with Crippen molar-refractivity contribution >= 4 is 32.6 Å². The zero-order valence-corrected chi connectivity index (χ0v) is 35.9. The Morgan fingerprint density at radius 3 is 2.18 bits per heavy atom. The Kier molecular flexibility index (Phi) is 11.4. The maximum absolute atomic E-state index is 5.85. The number of nitrogens with zero attached hydrogens (tertiary/aromatic N) is 3. The summed E-state index contributed by atoms with van der Waals surface area (Å²) in [6.45, 7) is 14.9. The average molecular weight is 920 g/mol. The Morgan fingerprint density at radius 2 is 1.40 bits per heavy atom. The molecular formula is C52H45IrN3O-2. The Labute approximate surface area is 349 Å². The molecule has 57 heavy (non-hydrogen) atoms. The second-order valence-electron chi connectivity index (χ2n) is 15.9. The van der Waals surface area contributed by atoms with Gasteiger partial charge in [0.2, 0.25) is 0 Å². The van der Waals surface area contributed by atoms with Crippen LogP contribution in [-0.4, -0.2) is 15.0 Å². The van der Waals surface area contributed by atoms with Gasteiger partial charge in [-0.15, -0.1) is 41.0 Å². The monoisotopic (exact) mass is 920 g/mol. The summed E-state index contributed by atoms with van der Waals surface area (Å²) in [5, 5.41) is 4.41.